The average Bonchev–Trinajstić information content (AvgIpc) is 2.83. The van der Waals surface area contributed by atoms with E-state index in [0.717, 1.165) is 12.1 Å². The average molecular weight is 262 g/mol. The van der Waals surface area contributed by atoms with E-state index in [4.69, 9.17) is 18.0 Å². The number of aryl methyl sites for hydroxylation is 1. The summed E-state index contributed by atoms with van der Waals surface area (Å²) in [5, 5.41) is 0. The molecule has 1 aliphatic carbocycles. The summed E-state index contributed by atoms with van der Waals surface area (Å²) >= 11 is 5.06. The van der Waals surface area contributed by atoms with Crippen LogP contribution in [0.3, 0.4) is 0 Å². The molecule has 0 heterocycles. The molecule has 0 bridgehead atoms. The molecular formula is C15H22N2S. The summed E-state index contributed by atoms with van der Waals surface area (Å²) in [4.78, 5) is 3.01. The number of benzene rings is 1. The molecule has 0 aliphatic heterocycles. The number of anilines is 1. The van der Waals surface area contributed by atoms with E-state index in [9.17, 15) is 0 Å². The fraction of sp³-hybridized carbons (Fsp3) is 0.533. The summed E-state index contributed by atoms with van der Waals surface area (Å²) in [5.41, 5.74) is 9.19. The molecule has 2 nitrogen and oxygen atoms in total. The molecule has 0 atom stereocenters. The monoisotopic (exact) mass is 262 g/mol. The van der Waals surface area contributed by atoms with E-state index in [1.54, 1.807) is 0 Å². The molecule has 3 heteroatoms. The second-order valence-electron chi connectivity index (χ2n) is 5.09. The molecule has 0 spiro atoms. The summed E-state index contributed by atoms with van der Waals surface area (Å²) in [5.74, 6) is 0. The minimum Gasteiger partial charge on any atom is -0.389 e. The smallest absolute Gasteiger partial charge is 0.104 e. The lowest BCUT2D eigenvalue weighted by Crippen LogP contribution is -2.33. The van der Waals surface area contributed by atoms with Gasteiger partial charge in [0.1, 0.15) is 4.99 Å². The topological polar surface area (TPSA) is 29.3 Å². The summed E-state index contributed by atoms with van der Waals surface area (Å²) in [7, 11) is 0. The van der Waals surface area contributed by atoms with Crippen LogP contribution in [0.2, 0.25) is 0 Å². The summed E-state index contributed by atoms with van der Waals surface area (Å²) in [6.45, 7) is 5.38. The Kier molecular flexibility index (Phi) is 4.23. The first-order valence-corrected chi connectivity index (χ1v) is 7.21. The largest absolute Gasteiger partial charge is 0.389 e. The minimum absolute atomic E-state index is 0.489. The molecular weight excluding hydrogens is 240 g/mol. The van der Waals surface area contributed by atoms with E-state index in [0.29, 0.717) is 11.0 Å². The summed E-state index contributed by atoms with van der Waals surface area (Å²) < 4.78 is 0. The molecule has 1 saturated carbocycles. The van der Waals surface area contributed by atoms with Gasteiger partial charge in [-0.1, -0.05) is 25.1 Å². The molecule has 2 N–H and O–H groups in total. The molecule has 0 unspecified atom stereocenters. The van der Waals surface area contributed by atoms with Crippen molar-refractivity contribution in [2.45, 2.75) is 45.6 Å². The molecule has 0 saturated heterocycles. The van der Waals surface area contributed by atoms with Crippen LogP contribution < -0.4 is 10.6 Å². The number of hydrogen-bond donors (Lipinski definition) is 1. The maximum atomic E-state index is 5.71. The highest BCUT2D eigenvalue weighted by Gasteiger charge is 2.21. The lowest BCUT2D eigenvalue weighted by atomic mass is 10.1. The Morgan fingerprint density at radius 2 is 2.06 bits per heavy atom. The molecule has 1 fully saturated rings. The normalized spacial score (nSPS) is 15.9. The Hall–Kier alpha value is -1.09. The number of nitrogens with zero attached hydrogens (tertiary/aromatic N) is 1. The fourth-order valence-electron chi connectivity index (χ4n) is 2.97. The van der Waals surface area contributed by atoms with Gasteiger partial charge in [0.2, 0.25) is 0 Å². The van der Waals surface area contributed by atoms with Crippen LogP contribution in [0.4, 0.5) is 5.69 Å². The van der Waals surface area contributed by atoms with Gasteiger partial charge in [0.05, 0.1) is 0 Å². The maximum Gasteiger partial charge on any atom is 0.104 e. The maximum absolute atomic E-state index is 5.71. The van der Waals surface area contributed by atoms with E-state index < -0.39 is 0 Å². The van der Waals surface area contributed by atoms with Gasteiger partial charge in [-0.15, -0.1) is 0 Å². The quantitative estimate of drug-likeness (QED) is 0.843. The van der Waals surface area contributed by atoms with Crippen LogP contribution >= 0.6 is 12.2 Å². The first-order chi connectivity index (χ1) is 8.63. The van der Waals surface area contributed by atoms with E-state index in [1.807, 2.05) is 0 Å². The third kappa shape index (κ3) is 2.66. The van der Waals surface area contributed by atoms with Crippen molar-refractivity contribution < 1.29 is 0 Å². The molecule has 1 aliphatic rings. The summed E-state index contributed by atoms with van der Waals surface area (Å²) in [6.07, 6.45) is 5.38. The van der Waals surface area contributed by atoms with Gasteiger partial charge in [-0.25, -0.2) is 0 Å². The Morgan fingerprint density at radius 3 is 2.56 bits per heavy atom. The zero-order valence-electron chi connectivity index (χ0n) is 11.3. The van der Waals surface area contributed by atoms with E-state index >= 15 is 0 Å². The standard InChI is InChI=1S/C15H22N2S/c1-3-17(12-6-4-5-7-12)13-8-9-14(15(16)18)11(2)10-13/h8-10,12H,3-7H2,1-2H3,(H2,16,18). The zero-order chi connectivity index (χ0) is 13.1. The molecule has 98 valence electrons. The van der Waals surface area contributed by atoms with E-state index in [1.165, 1.54) is 36.9 Å². The van der Waals surface area contributed by atoms with E-state index in [-0.39, 0.29) is 0 Å². The number of nitrogens with two attached hydrogens (primary N) is 1. The molecule has 0 radical (unpaired) electrons. The van der Waals surface area contributed by atoms with Gasteiger partial charge in [-0.2, -0.15) is 0 Å². The fourth-order valence-corrected chi connectivity index (χ4v) is 3.20. The molecule has 0 aromatic heterocycles. The number of hydrogen-bond acceptors (Lipinski definition) is 2. The lowest BCUT2D eigenvalue weighted by molar-refractivity contribution is 0.620. The first kappa shape index (κ1) is 13.3. The SMILES string of the molecule is CCN(c1ccc(C(N)=S)c(C)c1)C1CCCC1. The van der Waals surface area contributed by atoms with Crippen molar-refractivity contribution >= 4 is 22.9 Å². The van der Waals surface area contributed by atoms with Crippen molar-refractivity contribution in [3.8, 4) is 0 Å². The van der Waals surface area contributed by atoms with Gasteiger partial charge in [0, 0.05) is 23.8 Å². The van der Waals surface area contributed by atoms with Crippen molar-refractivity contribution in [3.63, 3.8) is 0 Å². The third-order valence-corrected chi connectivity index (χ3v) is 4.13. The Bertz CT molecular complexity index is 436. The first-order valence-electron chi connectivity index (χ1n) is 6.80. The molecule has 1 aromatic rings. The second-order valence-corrected chi connectivity index (χ2v) is 5.53. The van der Waals surface area contributed by atoms with Gasteiger partial charge < -0.3 is 10.6 Å². The molecule has 18 heavy (non-hydrogen) atoms. The predicted octanol–water partition coefficient (Wildman–Crippen LogP) is 3.40. The van der Waals surface area contributed by atoms with Crippen molar-refractivity contribution in [2.75, 3.05) is 11.4 Å². The third-order valence-electron chi connectivity index (χ3n) is 3.91. The van der Waals surface area contributed by atoms with Crippen LogP contribution in [0.1, 0.15) is 43.7 Å². The highest BCUT2D eigenvalue weighted by molar-refractivity contribution is 7.80. The molecule has 1 aromatic carbocycles. The van der Waals surface area contributed by atoms with Crippen molar-refractivity contribution in [1.82, 2.24) is 0 Å². The Labute approximate surface area is 115 Å². The van der Waals surface area contributed by atoms with Crippen LogP contribution in [0.15, 0.2) is 18.2 Å². The Morgan fingerprint density at radius 1 is 1.39 bits per heavy atom. The highest BCUT2D eigenvalue weighted by Crippen LogP contribution is 2.29. The van der Waals surface area contributed by atoms with Gasteiger partial charge in [-0.05, 0) is 50.5 Å². The van der Waals surface area contributed by atoms with Crippen LogP contribution in [0.5, 0.6) is 0 Å². The van der Waals surface area contributed by atoms with Crippen LogP contribution in [0, 0.1) is 6.92 Å². The number of rotatable bonds is 4. The highest BCUT2D eigenvalue weighted by atomic mass is 32.1. The van der Waals surface area contributed by atoms with Crippen molar-refractivity contribution in [3.05, 3.63) is 29.3 Å². The lowest BCUT2D eigenvalue weighted by Gasteiger charge is -2.30. The van der Waals surface area contributed by atoms with Crippen LogP contribution in [-0.4, -0.2) is 17.6 Å². The van der Waals surface area contributed by atoms with Gasteiger partial charge >= 0.3 is 0 Å². The predicted molar refractivity (Wildman–Crippen MR) is 82.3 cm³/mol. The Balaban J connectivity index is 2.26. The van der Waals surface area contributed by atoms with Crippen molar-refractivity contribution in [2.24, 2.45) is 5.73 Å². The van der Waals surface area contributed by atoms with Crippen LogP contribution in [0.25, 0.3) is 0 Å². The zero-order valence-corrected chi connectivity index (χ0v) is 12.1. The minimum atomic E-state index is 0.489. The van der Waals surface area contributed by atoms with Crippen LogP contribution in [-0.2, 0) is 0 Å². The molecule has 2 rings (SSSR count). The number of thiocarbonyl (C=S) groups is 1. The molecule has 0 amide bonds. The van der Waals surface area contributed by atoms with Gasteiger partial charge in [-0.3, -0.25) is 0 Å². The van der Waals surface area contributed by atoms with Crippen molar-refractivity contribution in [1.29, 1.82) is 0 Å². The second kappa shape index (κ2) is 5.70. The van der Waals surface area contributed by atoms with E-state index in [2.05, 4.69) is 36.9 Å². The van der Waals surface area contributed by atoms with Gasteiger partial charge in [0.15, 0.2) is 0 Å². The van der Waals surface area contributed by atoms with Gasteiger partial charge in [0.25, 0.3) is 0 Å². The summed E-state index contributed by atoms with van der Waals surface area (Å²) in [6, 6.07) is 7.15.